The average Bonchev–Trinajstić information content (AvgIpc) is 3.37. The Balaban J connectivity index is 1.76. The van der Waals surface area contributed by atoms with Crippen LogP contribution in [-0.2, 0) is 21.2 Å². The largest absolute Gasteiger partial charge is 0.392 e. The Morgan fingerprint density at radius 3 is 2.37 bits per heavy atom. The summed E-state index contributed by atoms with van der Waals surface area (Å²) in [6, 6.07) is 20.9. The van der Waals surface area contributed by atoms with Crippen LogP contribution in [0.25, 0.3) is 11.1 Å². The first-order chi connectivity index (χ1) is 19.3. The minimum absolute atomic E-state index is 0.0385. The molecule has 0 saturated carbocycles. The van der Waals surface area contributed by atoms with Crippen LogP contribution in [-0.4, -0.2) is 43.7 Å². The molecule has 4 rings (SSSR count). The molecule has 2 atom stereocenters. The van der Waals surface area contributed by atoms with E-state index in [1.165, 1.54) is 0 Å². The van der Waals surface area contributed by atoms with Gasteiger partial charge in [0.15, 0.2) is 9.84 Å². The van der Waals surface area contributed by atoms with Crippen LogP contribution in [0.15, 0.2) is 83.9 Å². The van der Waals surface area contributed by atoms with E-state index >= 15 is 0 Å². The summed E-state index contributed by atoms with van der Waals surface area (Å²) < 4.78 is 24.8. The van der Waals surface area contributed by atoms with E-state index in [1.807, 2.05) is 42.5 Å². The molecule has 6 nitrogen and oxygen atoms in total. The summed E-state index contributed by atoms with van der Waals surface area (Å²) in [5.74, 6) is 0.605. The van der Waals surface area contributed by atoms with E-state index in [4.69, 9.17) is 0 Å². The standard InChI is InChI=1S/C34H42N2O4S/c1-23(2)33-30(17-18-35(33)24(3)34(4,5)6)29-13-8-9-14-31(29)36(22-38)28-12-10-11-25(19-28)26-15-16-27(21-37)32(20-26)41(7,39)40/h8-16,19-20,22-23,30,33,37H,3,17-18,21H2,1-2,4-7H3. The van der Waals surface area contributed by atoms with Crippen LogP contribution in [0.4, 0.5) is 11.4 Å². The van der Waals surface area contributed by atoms with Crippen molar-refractivity contribution >= 4 is 27.6 Å². The van der Waals surface area contributed by atoms with E-state index in [0.717, 1.165) is 48.1 Å². The number of benzene rings is 3. The van der Waals surface area contributed by atoms with Crippen LogP contribution >= 0.6 is 0 Å². The minimum Gasteiger partial charge on any atom is -0.392 e. The van der Waals surface area contributed by atoms with Gasteiger partial charge in [-0.05, 0) is 58.9 Å². The predicted molar refractivity (Wildman–Crippen MR) is 167 cm³/mol. The maximum atomic E-state index is 12.7. The summed E-state index contributed by atoms with van der Waals surface area (Å²) in [7, 11) is -3.53. The number of para-hydroxylation sites is 1. The summed E-state index contributed by atoms with van der Waals surface area (Å²) >= 11 is 0. The smallest absolute Gasteiger partial charge is 0.218 e. The van der Waals surface area contributed by atoms with Gasteiger partial charge in [-0.25, -0.2) is 8.42 Å². The fourth-order valence-corrected chi connectivity index (χ4v) is 7.00. The zero-order chi connectivity index (χ0) is 30.1. The maximum Gasteiger partial charge on any atom is 0.218 e. The highest BCUT2D eigenvalue weighted by atomic mass is 32.2. The van der Waals surface area contributed by atoms with Gasteiger partial charge in [-0.15, -0.1) is 0 Å². The Hall–Kier alpha value is -3.42. The molecule has 1 aliphatic heterocycles. The SMILES string of the molecule is C=C(N1CCC(c2ccccc2N(C=O)c2cccc(-c3ccc(CO)c(S(C)(=O)=O)c3)c2)C1C(C)C)C(C)(C)C. The number of hydrogen-bond acceptors (Lipinski definition) is 5. The third kappa shape index (κ3) is 6.26. The van der Waals surface area contributed by atoms with E-state index < -0.39 is 9.84 Å². The second kappa shape index (κ2) is 11.8. The molecule has 1 saturated heterocycles. The van der Waals surface area contributed by atoms with Gasteiger partial charge in [0.05, 0.1) is 17.2 Å². The van der Waals surface area contributed by atoms with Crippen molar-refractivity contribution in [1.29, 1.82) is 0 Å². The van der Waals surface area contributed by atoms with Gasteiger partial charge in [-0.2, -0.15) is 0 Å². The fourth-order valence-electron chi connectivity index (χ4n) is 6.05. The number of sulfone groups is 1. The van der Waals surface area contributed by atoms with Crippen molar-refractivity contribution in [2.75, 3.05) is 17.7 Å². The zero-order valence-corrected chi connectivity index (χ0v) is 25.8. The molecule has 1 N–H and O–H groups in total. The van der Waals surface area contributed by atoms with Gasteiger partial charge < -0.3 is 10.0 Å². The molecule has 7 heteroatoms. The Bertz CT molecular complexity index is 1540. The van der Waals surface area contributed by atoms with Crippen molar-refractivity contribution in [2.45, 2.75) is 64.5 Å². The van der Waals surface area contributed by atoms with Gasteiger partial charge in [0.1, 0.15) is 0 Å². The molecule has 218 valence electrons. The number of anilines is 2. The van der Waals surface area contributed by atoms with Crippen molar-refractivity contribution in [2.24, 2.45) is 11.3 Å². The number of aliphatic hydroxyl groups excluding tert-OH is 1. The lowest BCUT2D eigenvalue weighted by atomic mass is 9.83. The van der Waals surface area contributed by atoms with Crippen molar-refractivity contribution in [3.05, 3.63) is 90.1 Å². The third-order valence-corrected chi connectivity index (χ3v) is 9.32. The molecular formula is C34H42N2O4S. The summed E-state index contributed by atoms with van der Waals surface area (Å²) in [4.78, 5) is 16.9. The van der Waals surface area contributed by atoms with Gasteiger partial charge in [-0.1, -0.05) is 83.7 Å². The molecule has 41 heavy (non-hydrogen) atoms. The number of carbonyl (C=O) groups excluding carboxylic acids is 1. The van der Waals surface area contributed by atoms with Gasteiger partial charge in [-0.3, -0.25) is 9.69 Å². The molecule has 0 aromatic heterocycles. The lowest BCUT2D eigenvalue weighted by Gasteiger charge is -2.40. The molecule has 3 aromatic rings. The fraction of sp³-hybridized carbons (Fsp3) is 0.382. The van der Waals surface area contributed by atoms with E-state index in [1.54, 1.807) is 23.1 Å². The number of likely N-dealkylation sites (tertiary alicyclic amines) is 1. The van der Waals surface area contributed by atoms with Crippen molar-refractivity contribution in [3.8, 4) is 11.1 Å². The van der Waals surface area contributed by atoms with Crippen LogP contribution in [0, 0.1) is 11.3 Å². The Morgan fingerprint density at radius 1 is 1.07 bits per heavy atom. The molecule has 0 radical (unpaired) electrons. The quantitative estimate of drug-likeness (QED) is 0.281. The number of aliphatic hydroxyl groups is 1. The zero-order valence-electron chi connectivity index (χ0n) is 25.0. The van der Waals surface area contributed by atoms with Crippen molar-refractivity contribution in [3.63, 3.8) is 0 Å². The molecule has 1 amide bonds. The van der Waals surface area contributed by atoms with E-state index in [0.29, 0.717) is 22.7 Å². The first-order valence-corrected chi connectivity index (χ1v) is 16.0. The minimum atomic E-state index is -3.53. The van der Waals surface area contributed by atoms with Crippen LogP contribution in [0.2, 0.25) is 0 Å². The molecule has 0 spiro atoms. The topological polar surface area (TPSA) is 77.9 Å². The first-order valence-electron chi connectivity index (χ1n) is 14.1. The number of amides is 1. The highest BCUT2D eigenvalue weighted by Gasteiger charge is 2.41. The third-order valence-electron chi connectivity index (χ3n) is 8.14. The number of nitrogens with zero attached hydrogens (tertiary/aromatic N) is 2. The Kier molecular flexibility index (Phi) is 8.81. The highest BCUT2D eigenvalue weighted by molar-refractivity contribution is 7.90. The molecular weight excluding hydrogens is 532 g/mol. The molecule has 2 unspecified atom stereocenters. The second-order valence-electron chi connectivity index (χ2n) is 12.4. The van der Waals surface area contributed by atoms with Crippen LogP contribution in [0.3, 0.4) is 0 Å². The lowest BCUT2D eigenvalue weighted by Crippen LogP contribution is -2.39. The molecule has 0 bridgehead atoms. The summed E-state index contributed by atoms with van der Waals surface area (Å²) in [6.45, 7) is 16.1. The van der Waals surface area contributed by atoms with E-state index in [2.05, 4.69) is 52.2 Å². The number of hydrogen-bond donors (Lipinski definition) is 1. The Labute approximate surface area is 245 Å². The second-order valence-corrected chi connectivity index (χ2v) is 14.3. The highest BCUT2D eigenvalue weighted by Crippen LogP contribution is 2.46. The normalized spacial score (nSPS) is 17.6. The summed E-state index contributed by atoms with van der Waals surface area (Å²) in [5.41, 5.74) is 5.57. The number of carbonyl (C=O) groups is 1. The Morgan fingerprint density at radius 2 is 1.76 bits per heavy atom. The lowest BCUT2D eigenvalue weighted by molar-refractivity contribution is -0.106. The first kappa shape index (κ1) is 30.5. The van der Waals surface area contributed by atoms with E-state index in [-0.39, 0.29) is 28.9 Å². The van der Waals surface area contributed by atoms with Gasteiger partial charge in [0.2, 0.25) is 6.41 Å². The number of allylic oxidation sites excluding steroid dienone is 1. The number of rotatable bonds is 9. The van der Waals surface area contributed by atoms with Crippen molar-refractivity contribution in [1.82, 2.24) is 4.90 Å². The van der Waals surface area contributed by atoms with Crippen LogP contribution in [0.5, 0.6) is 0 Å². The molecule has 0 aliphatic carbocycles. The molecule has 1 aliphatic rings. The van der Waals surface area contributed by atoms with Gasteiger partial charge in [0, 0.05) is 41.6 Å². The van der Waals surface area contributed by atoms with Crippen LogP contribution in [0.1, 0.15) is 58.1 Å². The average molecular weight is 575 g/mol. The van der Waals surface area contributed by atoms with Crippen molar-refractivity contribution < 1.29 is 18.3 Å². The molecule has 1 fully saturated rings. The van der Waals surface area contributed by atoms with E-state index in [9.17, 15) is 18.3 Å². The predicted octanol–water partition coefficient (Wildman–Crippen LogP) is 6.92. The van der Waals surface area contributed by atoms with Crippen LogP contribution < -0.4 is 4.90 Å². The molecule has 3 aromatic carbocycles. The maximum absolute atomic E-state index is 12.7. The summed E-state index contributed by atoms with van der Waals surface area (Å²) in [5, 5.41) is 9.66. The van der Waals surface area contributed by atoms with Gasteiger partial charge in [0.25, 0.3) is 0 Å². The summed E-state index contributed by atoms with van der Waals surface area (Å²) in [6.07, 6.45) is 2.95. The van der Waals surface area contributed by atoms with Gasteiger partial charge >= 0.3 is 0 Å². The molecule has 1 heterocycles. The monoisotopic (exact) mass is 574 g/mol.